The van der Waals surface area contributed by atoms with E-state index in [1.165, 1.54) is 0 Å². The molecule has 2 aromatic heterocycles. The first kappa shape index (κ1) is 19.0. The fourth-order valence-electron chi connectivity index (χ4n) is 2.83. The number of carbonyl (C=O) groups is 1. The molecule has 0 spiro atoms. The molecule has 9 heteroatoms. The second-order valence-corrected chi connectivity index (χ2v) is 6.50. The minimum atomic E-state index is -0.966. The van der Waals surface area contributed by atoms with Crippen molar-refractivity contribution in [2.45, 2.75) is 0 Å². The number of carboxylic acid groups (broad SMARTS) is 1. The average molecular weight is 371 g/mol. The standard InChI is InChI=1S/C18H25N7O2/c1-24-8-10-25(11-9-24)7-6-20-16-12-15(14-4-2-3-5-19-14)22-18(23-16)21-13-17(26)27/h2-5,12H,6-11,13H2,1H3,(H,26,27)(H2,20,21,22,23). The fourth-order valence-corrected chi connectivity index (χ4v) is 2.83. The van der Waals surface area contributed by atoms with E-state index in [1.54, 1.807) is 6.20 Å². The lowest BCUT2D eigenvalue weighted by Crippen LogP contribution is -2.45. The van der Waals surface area contributed by atoms with Crippen LogP contribution in [0.1, 0.15) is 0 Å². The van der Waals surface area contributed by atoms with Gasteiger partial charge in [-0.2, -0.15) is 4.98 Å². The predicted octanol–water partition coefficient (Wildman–Crippen LogP) is 0.694. The third-order valence-electron chi connectivity index (χ3n) is 4.38. The number of nitrogens with one attached hydrogen (secondary N) is 2. The van der Waals surface area contributed by atoms with Gasteiger partial charge in [0.15, 0.2) is 0 Å². The minimum absolute atomic E-state index is 0.244. The lowest BCUT2D eigenvalue weighted by Gasteiger charge is -2.32. The smallest absolute Gasteiger partial charge is 0.322 e. The van der Waals surface area contributed by atoms with Crippen molar-refractivity contribution in [3.8, 4) is 11.4 Å². The molecule has 27 heavy (non-hydrogen) atoms. The minimum Gasteiger partial charge on any atom is -0.480 e. The van der Waals surface area contributed by atoms with Crippen LogP contribution in [0.4, 0.5) is 11.8 Å². The van der Waals surface area contributed by atoms with Crippen LogP contribution in [0, 0.1) is 0 Å². The summed E-state index contributed by atoms with van der Waals surface area (Å²) >= 11 is 0. The number of piperazine rings is 1. The predicted molar refractivity (Wildman–Crippen MR) is 104 cm³/mol. The molecule has 1 fully saturated rings. The van der Waals surface area contributed by atoms with Crippen LogP contribution in [-0.4, -0.2) is 88.7 Å². The Balaban J connectivity index is 1.67. The van der Waals surface area contributed by atoms with Crippen LogP contribution in [-0.2, 0) is 4.79 Å². The number of aromatic nitrogens is 3. The largest absolute Gasteiger partial charge is 0.480 e. The van der Waals surface area contributed by atoms with Crippen molar-refractivity contribution in [3.63, 3.8) is 0 Å². The summed E-state index contributed by atoms with van der Waals surface area (Å²) in [7, 11) is 2.14. The Morgan fingerprint density at radius 3 is 2.67 bits per heavy atom. The summed E-state index contributed by atoms with van der Waals surface area (Å²) in [5.41, 5.74) is 1.35. The van der Waals surface area contributed by atoms with Gasteiger partial charge in [-0.15, -0.1) is 0 Å². The Hall–Kier alpha value is -2.78. The lowest BCUT2D eigenvalue weighted by molar-refractivity contribution is -0.134. The number of pyridine rings is 1. The maximum atomic E-state index is 10.8. The maximum Gasteiger partial charge on any atom is 0.322 e. The molecule has 0 saturated carbocycles. The number of nitrogens with zero attached hydrogens (tertiary/aromatic N) is 5. The molecular formula is C18H25N7O2. The number of carboxylic acids is 1. The zero-order valence-electron chi connectivity index (χ0n) is 15.4. The second-order valence-electron chi connectivity index (χ2n) is 6.50. The number of likely N-dealkylation sites (N-methyl/N-ethyl adjacent to an activating group) is 1. The van der Waals surface area contributed by atoms with Gasteiger partial charge in [0.25, 0.3) is 0 Å². The first-order valence-corrected chi connectivity index (χ1v) is 9.01. The van der Waals surface area contributed by atoms with Gasteiger partial charge in [-0.25, -0.2) is 4.98 Å². The molecule has 0 aliphatic carbocycles. The van der Waals surface area contributed by atoms with E-state index < -0.39 is 5.97 Å². The molecule has 0 unspecified atom stereocenters. The van der Waals surface area contributed by atoms with Crippen LogP contribution in [0.15, 0.2) is 30.5 Å². The van der Waals surface area contributed by atoms with Gasteiger partial charge in [-0.3, -0.25) is 14.7 Å². The van der Waals surface area contributed by atoms with Gasteiger partial charge >= 0.3 is 5.97 Å². The van der Waals surface area contributed by atoms with Crippen molar-refractivity contribution in [3.05, 3.63) is 30.5 Å². The van der Waals surface area contributed by atoms with Gasteiger partial charge in [0, 0.05) is 51.5 Å². The van der Waals surface area contributed by atoms with Gasteiger partial charge in [0.2, 0.25) is 5.95 Å². The topological polar surface area (TPSA) is 107 Å². The molecule has 9 nitrogen and oxygen atoms in total. The normalized spacial score (nSPS) is 15.4. The third kappa shape index (κ3) is 5.87. The highest BCUT2D eigenvalue weighted by Crippen LogP contribution is 2.19. The van der Waals surface area contributed by atoms with E-state index in [-0.39, 0.29) is 12.5 Å². The van der Waals surface area contributed by atoms with Crippen LogP contribution >= 0.6 is 0 Å². The Labute approximate surface area is 158 Å². The highest BCUT2D eigenvalue weighted by Gasteiger charge is 2.13. The summed E-state index contributed by atoms with van der Waals surface area (Å²) in [4.78, 5) is 28.6. The van der Waals surface area contributed by atoms with E-state index >= 15 is 0 Å². The summed E-state index contributed by atoms with van der Waals surface area (Å²) in [6, 6.07) is 7.41. The van der Waals surface area contributed by atoms with Crippen LogP contribution < -0.4 is 10.6 Å². The highest BCUT2D eigenvalue weighted by atomic mass is 16.4. The molecule has 2 aromatic rings. The highest BCUT2D eigenvalue weighted by molar-refractivity contribution is 5.72. The Morgan fingerprint density at radius 1 is 1.15 bits per heavy atom. The van der Waals surface area contributed by atoms with E-state index in [0.29, 0.717) is 17.2 Å². The van der Waals surface area contributed by atoms with E-state index in [4.69, 9.17) is 5.11 Å². The SMILES string of the molecule is CN1CCN(CCNc2cc(-c3ccccn3)nc(NCC(=O)O)n2)CC1. The zero-order chi connectivity index (χ0) is 19.1. The number of aliphatic carboxylic acids is 1. The van der Waals surface area contributed by atoms with Gasteiger partial charge in [0.05, 0.1) is 11.4 Å². The van der Waals surface area contributed by atoms with Gasteiger partial charge in [0.1, 0.15) is 12.4 Å². The summed E-state index contributed by atoms with van der Waals surface area (Å²) in [5.74, 6) is -0.0539. The van der Waals surface area contributed by atoms with Crippen molar-refractivity contribution in [1.82, 2.24) is 24.8 Å². The molecule has 3 rings (SSSR count). The Kier molecular flexibility index (Phi) is 6.50. The quantitative estimate of drug-likeness (QED) is 0.618. The van der Waals surface area contributed by atoms with E-state index in [1.807, 2.05) is 24.3 Å². The van der Waals surface area contributed by atoms with Crippen LogP contribution in [0.25, 0.3) is 11.4 Å². The van der Waals surface area contributed by atoms with Crippen molar-refractivity contribution >= 4 is 17.7 Å². The molecule has 144 valence electrons. The number of hydrogen-bond donors (Lipinski definition) is 3. The monoisotopic (exact) mass is 371 g/mol. The molecule has 3 N–H and O–H groups in total. The summed E-state index contributed by atoms with van der Waals surface area (Å²) in [6.07, 6.45) is 1.70. The van der Waals surface area contributed by atoms with Gasteiger partial charge in [-0.1, -0.05) is 6.07 Å². The van der Waals surface area contributed by atoms with Crippen molar-refractivity contribution in [1.29, 1.82) is 0 Å². The molecular weight excluding hydrogens is 346 g/mol. The van der Waals surface area contributed by atoms with E-state index in [2.05, 4.69) is 42.4 Å². The zero-order valence-corrected chi connectivity index (χ0v) is 15.4. The average Bonchev–Trinajstić information content (AvgIpc) is 2.68. The summed E-state index contributed by atoms with van der Waals surface area (Å²) < 4.78 is 0. The molecule has 0 amide bonds. The molecule has 3 heterocycles. The van der Waals surface area contributed by atoms with Crippen LogP contribution in [0.3, 0.4) is 0 Å². The van der Waals surface area contributed by atoms with E-state index in [0.717, 1.165) is 39.3 Å². The van der Waals surface area contributed by atoms with Crippen molar-refractivity contribution in [2.24, 2.45) is 0 Å². The Morgan fingerprint density at radius 2 is 1.96 bits per heavy atom. The first-order chi connectivity index (χ1) is 13.1. The second kappa shape index (κ2) is 9.24. The number of rotatable bonds is 8. The number of hydrogen-bond acceptors (Lipinski definition) is 8. The number of anilines is 2. The summed E-state index contributed by atoms with van der Waals surface area (Å²) in [5, 5.41) is 14.9. The van der Waals surface area contributed by atoms with E-state index in [9.17, 15) is 4.79 Å². The van der Waals surface area contributed by atoms with Crippen LogP contribution in [0.2, 0.25) is 0 Å². The van der Waals surface area contributed by atoms with Gasteiger partial charge < -0.3 is 20.6 Å². The van der Waals surface area contributed by atoms with Crippen LogP contribution in [0.5, 0.6) is 0 Å². The first-order valence-electron chi connectivity index (χ1n) is 9.01. The van der Waals surface area contributed by atoms with Gasteiger partial charge in [-0.05, 0) is 19.2 Å². The molecule has 0 atom stereocenters. The molecule has 1 aliphatic rings. The molecule has 0 radical (unpaired) electrons. The van der Waals surface area contributed by atoms with Crippen molar-refractivity contribution < 1.29 is 9.90 Å². The molecule has 0 aromatic carbocycles. The lowest BCUT2D eigenvalue weighted by atomic mass is 10.2. The Bertz CT molecular complexity index is 749. The molecule has 0 bridgehead atoms. The van der Waals surface area contributed by atoms with Crippen molar-refractivity contribution in [2.75, 3.05) is 63.5 Å². The fraction of sp³-hybridized carbons (Fsp3) is 0.444. The molecule has 1 saturated heterocycles. The third-order valence-corrected chi connectivity index (χ3v) is 4.38. The molecule has 1 aliphatic heterocycles. The summed E-state index contributed by atoms with van der Waals surface area (Å²) in [6.45, 7) is 5.72. The maximum absolute atomic E-state index is 10.8.